The Balaban J connectivity index is 2.63. The van der Waals surface area contributed by atoms with Crippen molar-refractivity contribution in [3.63, 3.8) is 0 Å². The molecule has 0 amide bonds. The number of halogens is 2. The molecule has 1 heterocycles. The third-order valence-electron chi connectivity index (χ3n) is 1.79. The van der Waals surface area contributed by atoms with Crippen LogP contribution in [-0.4, -0.2) is 15.2 Å². The standard InChI is InChI=1S/C9H6F2N4/c10-5-2-1-3-6(11)8(5)7-4-13-15-9(12)14-7/h1-4H,(H2,12,14,15). The van der Waals surface area contributed by atoms with Gasteiger partial charge in [-0.05, 0) is 12.1 Å². The first-order chi connectivity index (χ1) is 7.18. The van der Waals surface area contributed by atoms with Gasteiger partial charge in [-0.3, -0.25) is 0 Å². The predicted molar refractivity (Wildman–Crippen MR) is 49.6 cm³/mol. The lowest BCUT2D eigenvalue weighted by Gasteiger charge is -2.03. The van der Waals surface area contributed by atoms with Gasteiger partial charge in [0, 0.05) is 0 Å². The van der Waals surface area contributed by atoms with Crippen molar-refractivity contribution in [2.45, 2.75) is 0 Å². The zero-order chi connectivity index (χ0) is 10.8. The largest absolute Gasteiger partial charge is 0.366 e. The topological polar surface area (TPSA) is 64.7 Å². The van der Waals surface area contributed by atoms with E-state index in [9.17, 15) is 8.78 Å². The highest BCUT2D eigenvalue weighted by Crippen LogP contribution is 2.23. The molecule has 2 aromatic rings. The molecule has 2 rings (SSSR count). The van der Waals surface area contributed by atoms with E-state index < -0.39 is 11.6 Å². The van der Waals surface area contributed by atoms with Crippen molar-refractivity contribution >= 4 is 5.95 Å². The van der Waals surface area contributed by atoms with Crippen molar-refractivity contribution < 1.29 is 8.78 Å². The fourth-order valence-electron chi connectivity index (χ4n) is 1.18. The van der Waals surface area contributed by atoms with Crippen LogP contribution in [0, 0.1) is 11.6 Å². The molecule has 1 aromatic carbocycles. The molecule has 0 atom stereocenters. The molecule has 0 aliphatic heterocycles. The number of aromatic nitrogens is 3. The molecule has 0 fully saturated rings. The quantitative estimate of drug-likeness (QED) is 0.769. The molecule has 76 valence electrons. The maximum Gasteiger partial charge on any atom is 0.240 e. The predicted octanol–water partition coefficient (Wildman–Crippen LogP) is 1.40. The highest BCUT2D eigenvalue weighted by molar-refractivity contribution is 5.60. The van der Waals surface area contributed by atoms with Gasteiger partial charge in [0.25, 0.3) is 0 Å². The molecule has 0 bridgehead atoms. The molecule has 0 unspecified atom stereocenters. The Morgan fingerprint density at radius 3 is 2.40 bits per heavy atom. The Labute approximate surface area is 83.8 Å². The number of benzene rings is 1. The van der Waals surface area contributed by atoms with Crippen LogP contribution in [0.5, 0.6) is 0 Å². The summed E-state index contributed by atoms with van der Waals surface area (Å²) < 4.78 is 26.6. The lowest BCUT2D eigenvalue weighted by molar-refractivity contribution is 0.588. The van der Waals surface area contributed by atoms with Gasteiger partial charge < -0.3 is 5.73 Å². The second kappa shape index (κ2) is 3.56. The summed E-state index contributed by atoms with van der Waals surface area (Å²) in [6, 6.07) is 3.54. The van der Waals surface area contributed by atoms with E-state index in [0.717, 1.165) is 18.3 Å². The molecule has 0 aliphatic rings. The summed E-state index contributed by atoms with van der Waals surface area (Å²) in [5.41, 5.74) is 5.04. The zero-order valence-electron chi connectivity index (χ0n) is 7.48. The number of nitrogens with zero attached hydrogens (tertiary/aromatic N) is 3. The summed E-state index contributed by atoms with van der Waals surface area (Å²) in [6.45, 7) is 0. The van der Waals surface area contributed by atoms with Gasteiger partial charge >= 0.3 is 0 Å². The monoisotopic (exact) mass is 208 g/mol. The summed E-state index contributed by atoms with van der Waals surface area (Å²) in [5.74, 6) is -1.56. The van der Waals surface area contributed by atoms with E-state index in [1.807, 2.05) is 0 Å². The average Bonchev–Trinajstić information content (AvgIpc) is 2.17. The number of anilines is 1. The highest BCUT2D eigenvalue weighted by Gasteiger charge is 2.12. The molecule has 15 heavy (non-hydrogen) atoms. The normalized spacial score (nSPS) is 10.3. The second-order valence-electron chi connectivity index (χ2n) is 2.80. The first-order valence-electron chi connectivity index (χ1n) is 4.08. The zero-order valence-corrected chi connectivity index (χ0v) is 7.48. The first-order valence-corrected chi connectivity index (χ1v) is 4.08. The van der Waals surface area contributed by atoms with Gasteiger partial charge in [-0.25, -0.2) is 13.8 Å². The lowest BCUT2D eigenvalue weighted by atomic mass is 10.1. The lowest BCUT2D eigenvalue weighted by Crippen LogP contribution is -2.00. The number of nitrogens with two attached hydrogens (primary N) is 1. The summed E-state index contributed by atoms with van der Waals surface area (Å²) in [4.78, 5) is 3.69. The van der Waals surface area contributed by atoms with Crippen molar-refractivity contribution in [3.05, 3.63) is 36.0 Å². The van der Waals surface area contributed by atoms with Crippen molar-refractivity contribution in [1.82, 2.24) is 15.2 Å². The maximum absolute atomic E-state index is 13.3. The van der Waals surface area contributed by atoms with Crippen molar-refractivity contribution in [2.75, 3.05) is 5.73 Å². The summed E-state index contributed by atoms with van der Waals surface area (Å²) in [5, 5.41) is 6.87. The second-order valence-corrected chi connectivity index (χ2v) is 2.80. The minimum absolute atomic E-state index is 0.0260. The van der Waals surface area contributed by atoms with Gasteiger partial charge in [0.15, 0.2) is 0 Å². The van der Waals surface area contributed by atoms with Crippen LogP contribution in [0.2, 0.25) is 0 Å². The van der Waals surface area contributed by atoms with Crippen LogP contribution < -0.4 is 5.73 Å². The van der Waals surface area contributed by atoms with Gasteiger partial charge in [-0.15, -0.1) is 5.10 Å². The first kappa shape index (κ1) is 9.45. The van der Waals surface area contributed by atoms with Crippen molar-refractivity contribution in [1.29, 1.82) is 0 Å². The average molecular weight is 208 g/mol. The van der Waals surface area contributed by atoms with Crippen LogP contribution >= 0.6 is 0 Å². The number of hydrogen-bond acceptors (Lipinski definition) is 4. The van der Waals surface area contributed by atoms with E-state index in [0.29, 0.717) is 0 Å². The van der Waals surface area contributed by atoms with E-state index in [1.165, 1.54) is 6.07 Å². The Hall–Kier alpha value is -2.11. The maximum atomic E-state index is 13.3. The summed E-state index contributed by atoms with van der Waals surface area (Å²) in [6.07, 6.45) is 1.15. The van der Waals surface area contributed by atoms with E-state index >= 15 is 0 Å². The Bertz CT molecular complexity index is 481. The minimum atomic E-state index is -0.713. The van der Waals surface area contributed by atoms with Crippen LogP contribution in [0.25, 0.3) is 11.3 Å². The molecule has 2 N–H and O–H groups in total. The molecule has 0 spiro atoms. The Kier molecular flexibility index (Phi) is 2.24. The minimum Gasteiger partial charge on any atom is -0.366 e. The smallest absolute Gasteiger partial charge is 0.240 e. The van der Waals surface area contributed by atoms with Crippen LogP contribution in [0.15, 0.2) is 24.4 Å². The van der Waals surface area contributed by atoms with E-state index in [1.54, 1.807) is 0 Å². The molecule has 0 aliphatic carbocycles. The van der Waals surface area contributed by atoms with Crippen LogP contribution in [0.1, 0.15) is 0 Å². The van der Waals surface area contributed by atoms with Crippen molar-refractivity contribution in [3.8, 4) is 11.3 Å². The number of hydrogen-bond donors (Lipinski definition) is 1. The van der Waals surface area contributed by atoms with Gasteiger partial charge in [0.05, 0.1) is 11.8 Å². The third kappa shape index (κ3) is 1.74. The molecule has 0 saturated carbocycles. The van der Waals surface area contributed by atoms with E-state index in [-0.39, 0.29) is 17.2 Å². The van der Waals surface area contributed by atoms with Crippen LogP contribution in [0.4, 0.5) is 14.7 Å². The molecule has 6 heteroatoms. The third-order valence-corrected chi connectivity index (χ3v) is 1.79. The van der Waals surface area contributed by atoms with Gasteiger partial charge in [0.2, 0.25) is 5.95 Å². The van der Waals surface area contributed by atoms with Gasteiger partial charge in [0.1, 0.15) is 17.3 Å². The fourth-order valence-corrected chi connectivity index (χ4v) is 1.18. The van der Waals surface area contributed by atoms with E-state index in [2.05, 4.69) is 15.2 Å². The molecule has 1 aromatic heterocycles. The molecule has 4 nitrogen and oxygen atoms in total. The van der Waals surface area contributed by atoms with Crippen LogP contribution in [-0.2, 0) is 0 Å². The Morgan fingerprint density at radius 2 is 1.80 bits per heavy atom. The number of rotatable bonds is 1. The molecular formula is C9H6F2N4. The fraction of sp³-hybridized carbons (Fsp3) is 0. The summed E-state index contributed by atoms with van der Waals surface area (Å²) >= 11 is 0. The highest BCUT2D eigenvalue weighted by atomic mass is 19.1. The molecule has 0 radical (unpaired) electrons. The van der Waals surface area contributed by atoms with Gasteiger partial charge in [-0.2, -0.15) is 5.10 Å². The van der Waals surface area contributed by atoms with Crippen LogP contribution in [0.3, 0.4) is 0 Å². The van der Waals surface area contributed by atoms with Gasteiger partial charge in [-0.1, -0.05) is 6.07 Å². The number of nitrogen functional groups attached to an aromatic ring is 1. The molecule has 0 saturated heterocycles. The molecular weight excluding hydrogens is 202 g/mol. The van der Waals surface area contributed by atoms with Crippen molar-refractivity contribution in [2.24, 2.45) is 0 Å². The SMILES string of the molecule is Nc1nncc(-c2c(F)cccc2F)n1. The summed E-state index contributed by atoms with van der Waals surface area (Å²) in [7, 11) is 0. The van der Waals surface area contributed by atoms with E-state index in [4.69, 9.17) is 5.73 Å². The Morgan fingerprint density at radius 1 is 1.13 bits per heavy atom.